The minimum absolute atomic E-state index is 0.387. The Balaban J connectivity index is 2.01. The molecule has 3 nitrogen and oxygen atoms in total. The number of aromatic nitrogens is 2. The number of nitrogens with one attached hydrogen (secondary N) is 1. The normalized spacial score (nSPS) is 11.9. The molecular weight excluding hydrogens is 279 g/mol. The van der Waals surface area contributed by atoms with Crippen LogP contribution in [-0.2, 0) is 26.3 Å². The Hall–Kier alpha value is -1.82. The lowest BCUT2D eigenvalue weighted by atomic mass is 10.1. The molecule has 21 heavy (non-hydrogen) atoms. The minimum Gasteiger partial charge on any atom is -0.308 e. The summed E-state index contributed by atoms with van der Waals surface area (Å²) in [6.45, 7) is 4.87. The van der Waals surface area contributed by atoms with E-state index in [1.807, 2.05) is 20.9 Å². The van der Waals surface area contributed by atoms with Crippen molar-refractivity contribution in [1.29, 1.82) is 0 Å². The lowest BCUT2D eigenvalue weighted by molar-refractivity contribution is -0.137. The number of halogens is 3. The van der Waals surface area contributed by atoms with Crippen LogP contribution in [0.1, 0.15) is 28.1 Å². The van der Waals surface area contributed by atoms with E-state index in [2.05, 4.69) is 10.4 Å². The molecule has 0 amide bonds. The quantitative estimate of drug-likeness (QED) is 0.938. The molecule has 0 atom stereocenters. The Morgan fingerprint density at radius 1 is 1.19 bits per heavy atom. The average molecular weight is 297 g/mol. The molecule has 114 valence electrons. The van der Waals surface area contributed by atoms with Crippen molar-refractivity contribution in [2.75, 3.05) is 0 Å². The molecule has 2 aromatic rings. The second-order valence-corrected chi connectivity index (χ2v) is 5.07. The zero-order valence-electron chi connectivity index (χ0n) is 12.3. The minimum atomic E-state index is -4.30. The number of rotatable bonds is 4. The van der Waals surface area contributed by atoms with Gasteiger partial charge in [-0.2, -0.15) is 18.3 Å². The van der Waals surface area contributed by atoms with Crippen molar-refractivity contribution in [3.05, 3.63) is 52.3 Å². The lowest BCUT2D eigenvalue weighted by Gasteiger charge is -2.10. The van der Waals surface area contributed by atoms with E-state index in [9.17, 15) is 13.2 Å². The van der Waals surface area contributed by atoms with Gasteiger partial charge >= 0.3 is 6.18 Å². The number of nitrogens with zero attached hydrogens (tertiary/aromatic N) is 2. The van der Waals surface area contributed by atoms with E-state index in [4.69, 9.17) is 0 Å². The Kier molecular flexibility index (Phi) is 4.37. The largest absolute Gasteiger partial charge is 0.416 e. The summed E-state index contributed by atoms with van der Waals surface area (Å²) < 4.78 is 39.7. The van der Waals surface area contributed by atoms with Crippen LogP contribution in [0.5, 0.6) is 0 Å². The van der Waals surface area contributed by atoms with Crippen LogP contribution < -0.4 is 5.32 Å². The van der Waals surface area contributed by atoms with E-state index in [-0.39, 0.29) is 0 Å². The van der Waals surface area contributed by atoms with E-state index in [0.29, 0.717) is 18.7 Å². The van der Waals surface area contributed by atoms with E-state index < -0.39 is 11.7 Å². The highest BCUT2D eigenvalue weighted by Gasteiger charge is 2.30. The van der Waals surface area contributed by atoms with Crippen molar-refractivity contribution in [3.63, 3.8) is 0 Å². The highest BCUT2D eigenvalue weighted by atomic mass is 19.4. The average Bonchev–Trinajstić information content (AvgIpc) is 2.64. The number of aryl methyl sites for hydroxylation is 2. The molecule has 0 radical (unpaired) electrons. The van der Waals surface area contributed by atoms with Gasteiger partial charge in [0.05, 0.1) is 11.3 Å². The molecule has 0 saturated heterocycles. The van der Waals surface area contributed by atoms with Gasteiger partial charge in [0.25, 0.3) is 0 Å². The molecule has 1 N–H and O–H groups in total. The maximum absolute atomic E-state index is 12.6. The maximum Gasteiger partial charge on any atom is 0.416 e. The summed E-state index contributed by atoms with van der Waals surface area (Å²) in [5.41, 5.74) is 3.08. The van der Waals surface area contributed by atoms with Crippen LogP contribution in [0, 0.1) is 13.8 Å². The SMILES string of the molecule is Cc1nn(C)c(C)c1CNCc1cccc(C(F)(F)F)c1. The first kappa shape index (κ1) is 15.6. The van der Waals surface area contributed by atoms with Crippen LogP contribution in [-0.4, -0.2) is 9.78 Å². The van der Waals surface area contributed by atoms with Gasteiger partial charge in [0, 0.05) is 31.4 Å². The third kappa shape index (κ3) is 3.64. The molecule has 0 aliphatic carbocycles. The van der Waals surface area contributed by atoms with E-state index in [1.165, 1.54) is 12.1 Å². The van der Waals surface area contributed by atoms with Crippen molar-refractivity contribution in [1.82, 2.24) is 15.1 Å². The molecule has 0 spiro atoms. The molecule has 6 heteroatoms. The Labute approximate surface area is 121 Å². The molecule has 2 rings (SSSR count). The lowest BCUT2D eigenvalue weighted by Crippen LogP contribution is -2.15. The number of alkyl halides is 3. The highest BCUT2D eigenvalue weighted by Crippen LogP contribution is 2.29. The molecule has 1 aromatic heterocycles. The summed E-state index contributed by atoms with van der Waals surface area (Å²) in [6.07, 6.45) is -4.30. The fourth-order valence-corrected chi connectivity index (χ4v) is 2.26. The van der Waals surface area contributed by atoms with Crippen molar-refractivity contribution < 1.29 is 13.2 Å². The van der Waals surface area contributed by atoms with Crippen LogP contribution >= 0.6 is 0 Å². The van der Waals surface area contributed by atoms with Gasteiger partial charge in [0.1, 0.15) is 0 Å². The zero-order valence-corrected chi connectivity index (χ0v) is 12.3. The van der Waals surface area contributed by atoms with Crippen molar-refractivity contribution in [3.8, 4) is 0 Å². The predicted molar refractivity (Wildman–Crippen MR) is 74.7 cm³/mol. The molecule has 0 bridgehead atoms. The number of hydrogen-bond donors (Lipinski definition) is 1. The summed E-state index contributed by atoms with van der Waals surface area (Å²) in [4.78, 5) is 0. The fraction of sp³-hybridized carbons (Fsp3) is 0.400. The first-order valence-electron chi connectivity index (χ1n) is 6.65. The van der Waals surface area contributed by atoms with Gasteiger partial charge in [-0.3, -0.25) is 4.68 Å². The second kappa shape index (κ2) is 5.89. The van der Waals surface area contributed by atoms with Gasteiger partial charge in [-0.1, -0.05) is 18.2 Å². The summed E-state index contributed by atoms with van der Waals surface area (Å²) >= 11 is 0. The number of hydrogen-bond acceptors (Lipinski definition) is 2. The maximum atomic E-state index is 12.6. The molecule has 0 aliphatic heterocycles. The third-order valence-electron chi connectivity index (χ3n) is 3.54. The van der Waals surface area contributed by atoms with Crippen molar-refractivity contribution >= 4 is 0 Å². The van der Waals surface area contributed by atoms with Gasteiger partial charge in [-0.25, -0.2) is 0 Å². The standard InChI is InChI=1S/C15H18F3N3/c1-10-14(11(2)21(3)20-10)9-19-8-12-5-4-6-13(7-12)15(16,17)18/h4-7,19H,8-9H2,1-3H3. The summed E-state index contributed by atoms with van der Waals surface area (Å²) in [5.74, 6) is 0. The molecule has 0 fully saturated rings. The number of benzene rings is 1. The van der Waals surface area contributed by atoms with E-state index >= 15 is 0 Å². The Morgan fingerprint density at radius 2 is 1.90 bits per heavy atom. The summed E-state index contributed by atoms with van der Waals surface area (Å²) in [6, 6.07) is 5.38. The second-order valence-electron chi connectivity index (χ2n) is 5.07. The van der Waals surface area contributed by atoms with Gasteiger partial charge in [-0.05, 0) is 25.5 Å². The Bertz CT molecular complexity index is 630. The molecule has 0 saturated carbocycles. The van der Waals surface area contributed by atoms with Gasteiger partial charge in [0.15, 0.2) is 0 Å². The van der Waals surface area contributed by atoms with Gasteiger partial charge in [-0.15, -0.1) is 0 Å². The first-order valence-corrected chi connectivity index (χ1v) is 6.65. The van der Waals surface area contributed by atoms with Crippen molar-refractivity contribution in [2.24, 2.45) is 7.05 Å². The summed E-state index contributed by atoms with van der Waals surface area (Å²) in [7, 11) is 1.87. The molecule has 1 heterocycles. The van der Waals surface area contributed by atoms with Gasteiger partial charge in [0.2, 0.25) is 0 Å². The predicted octanol–water partition coefficient (Wildman–Crippen LogP) is 3.35. The van der Waals surface area contributed by atoms with Crippen LogP contribution in [0.25, 0.3) is 0 Å². The van der Waals surface area contributed by atoms with Crippen molar-refractivity contribution in [2.45, 2.75) is 33.1 Å². The van der Waals surface area contributed by atoms with Crippen LogP contribution in [0.3, 0.4) is 0 Å². The monoisotopic (exact) mass is 297 g/mol. The van der Waals surface area contributed by atoms with Crippen LogP contribution in [0.2, 0.25) is 0 Å². The molecule has 1 aromatic carbocycles. The molecule has 0 aliphatic rings. The van der Waals surface area contributed by atoms with E-state index in [0.717, 1.165) is 23.0 Å². The summed E-state index contributed by atoms with van der Waals surface area (Å²) in [5, 5.41) is 7.48. The highest BCUT2D eigenvalue weighted by molar-refractivity contribution is 5.26. The van der Waals surface area contributed by atoms with Crippen LogP contribution in [0.15, 0.2) is 24.3 Å². The fourth-order valence-electron chi connectivity index (χ4n) is 2.26. The molecule has 0 unspecified atom stereocenters. The molecular formula is C15H18F3N3. The van der Waals surface area contributed by atoms with E-state index in [1.54, 1.807) is 10.7 Å². The zero-order chi connectivity index (χ0) is 15.6. The first-order chi connectivity index (χ1) is 9.79. The smallest absolute Gasteiger partial charge is 0.308 e. The topological polar surface area (TPSA) is 29.9 Å². The van der Waals surface area contributed by atoms with Crippen LogP contribution in [0.4, 0.5) is 13.2 Å². The van der Waals surface area contributed by atoms with Gasteiger partial charge < -0.3 is 5.32 Å². The third-order valence-corrected chi connectivity index (χ3v) is 3.54. The Morgan fingerprint density at radius 3 is 2.48 bits per heavy atom.